The lowest BCUT2D eigenvalue weighted by Crippen LogP contribution is -2.42. The van der Waals surface area contributed by atoms with Gasteiger partial charge in [0.2, 0.25) is 0 Å². The van der Waals surface area contributed by atoms with Crippen LogP contribution in [-0.2, 0) is 14.3 Å². The maximum atomic E-state index is 12.6. The number of carboxylic acids is 1. The Kier molecular flexibility index (Phi) is 8.96. The van der Waals surface area contributed by atoms with Gasteiger partial charge >= 0.3 is 18.2 Å². The smallest absolute Gasteiger partial charge is 0.410 e. The van der Waals surface area contributed by atoms with Crippen LogP contribution in [0.1, 0.15) is 57.6 Å². The number of carbonyl (C=O) groups excluding carboxylic acids is 2. The van der Waals surface area contributed by atoms with Gasteiger partial charge in [0, 0.05) is 25.6 Å². The van der Waals surface area contributed by atoms with Crippen LogP contribution in [0, 0.1) is 5.92 Å². The highest BCUT2D eigenvalue weighted by atomic mass is 16.6. The number of carbonyl (C=O) groups is 3. The molecule has 0 heterocycles. The van der Waals surface area contributed by atoms with Crippen LogP contribution < -0.4 is 5.32 Å². The Morgan fingerprint density at radius 2 is 1.58 bits per heavy atom. The van der Waals surface area contributed by atoms with E-state index in [4.69, 9.17) is 14.6 Å². The van der Waals surface area contributed by atoms with E-state index in [1.165, 1.54) is 4.90 Å². The largest absolute Gasteiger partial charge is 0.481 e. The average molecular weight is 497 g/mol. The minimum absolute atomic E-state index is 0.0300. The molecule has 0 aromatic heterocycles. The first-order valence-corrected chi connectivity index (χ1v) is 12.4. The summed E-state index contributed by atoms with van der Waals surface area (Å²) in [6.45, 7) is 7.94. The summed E-state index contributed by atoms with van der Waals surface area (Å²) in [5.41, 5.74) is 3.93. The predicted octanol–water partition coefficient (Wildman–Crippen LogP) is 5.26. The number of amides is 2. The Morgan fingerprint density at radius 3 is 2.14 bits per heavy atom. The fraction of sp³-hybridized carbons (Fsp3) is 0.464. The topological polar surface area (TPSA) is 105 Å². The number of ether oxygens (including phenoxy) is 2. The molecular weight excluding hydrogens is 460 g/mol. The second kappa shape index (κ2) is 11.9. The van der Waals surface area contributed by atoms with E-state index >= 15 is 0 Å². The molecule has 0 aliphatic heterocycles. The molecule has 1 aliphatic rings. The van der Waals surface area contributed by atoms with Crippen LogP contribution in [0.2, 0.25) is 0 Å². The van der Waals surface area contributed by atoms with Crippen molar-refractivity contribution in [3.63, 3.8) is 0 Å². The fourth-order valence-electron chi connectivity index (χ4n) is 4.28. The van der Waals surface area contributed by atoms with E-state index in [1.807, 2.05) is 24.3 Å². The summed E-state index contributed by atoms with van der Waals surface area (Å²) in [5.74, 6) is -1.39. The molecule has 3 rings (SSSR count). The minimum atomic E-state index is -0.865. The number of fused-ring (bicyclic) bond motifs is 3. The van der Waals surface area contributed by atoms with Gasteiger partial charge in [-0.2, -0.15) is 0 Å². The number of alkyl carbamates (subject to hydrolysis) is 1. The molecule has 8 heteroatoms. The van der Waals surface area contributed by atoms with Gasteiger partial charge in [-0.05, 0) is 55.9 Å². The summed E-state index contributed by atoms with van der Waals surface area (Å²) in [6.07, 6.45) is -0.105. The first kappa shape index (κ1) is 27.0. The maximum absolute atomic E-state index is 12.6. The molecule has 2 N–H and O–H groups in total. The highest BCUT2D eigenvalue weighted by Gasteiger charge is 2.29. The van der Waals surface area contributed by atoms with Gasteiger partial charge in [0.15, 0.2) is 0 Å². The molecule has 1 aliphatic carbocycles. The van der Waals surface area contributed by atoms with Crippen LogP contribution in [0.3, 0.4) is 0 Å². The number of hydrogen-bond acceptors (Lipinski definition) is 5. The Bertz CT molecular complexity index is 1030. The predicted molar refractivity (Wildman–Crippen MR) is 137 cm³/mol. The molecule has 0 saturated heterocycles. The van der Waals surface area contributed by atoms with Crippen molar-refractivity contribution in [1.82, 2.24) is 10.2 Å². The summed E-state index contributed by atoms with van der Waals surface area (Å²) < 4.78 is 11.0. The zero-order valence-electron chi connectivity index (χ0n) is 21.5. The monoisotopic (exact) mass is 496 g/mol. The second-order valence-corrected chi connectivity index (χ2v) is 10.1. The van der Waals surface area contributed by atoms with Gasteiger partial charge in [0.25, 0.3) is 0 Å². The zero-order valence-corrected chi connectivity index (χ0v) is 21.5. The lowest BCUT2D eigenvalue weighted by molar-refractivity contribution is -0.141. The van der Waals surface area contributed by atoms with Crippen LogP contribution in [0.4, 0.5) is 9.59 Å². The van der Waals surface area contributed by atoms with Crippen molar-refractivity contribution in [3.05, 3.63) is 59.7 Å². The van der Waals surface area contributed by atoms with Crippen LogP contribution in [-0.4, -0.2) is 60.0 Å². The van der Waals surface area contributed by atoms with E-state index in [2.05, 4.69) is 29.6 Å². The van der Waals surface area contributed by atoms with Crippen LogP contribution in [0.5, 0.6) is 0 Å². The highest BCUT2D eigenvalue weighted by Crippen LogP contribution is 2.44. The van der Waals surface area contributed by atoms with Gasteiger partial charge in [0.1, 0.15) is 12.2 Å². The van der Waals surface area contributed by atoms with Crippen molar-refractivity contribution in [2.75, 3.05) is 26.2 Å². The van der Waals surface area contributed by atoms with E-state index in [0.29, 0.717) is 19.4 Å². The Hall–Kier alpha value is -3.55. The molecule has 0 spiro atoms. The number of nitrogens with one attached hydrogen (secondary N) is 1. The quantitative estimate of drug-likeness (QED) is 0.465. The van der Waals surface area contributed by atoms with E-state index in [9.17, 15) is 14.4 Å². The first-order chi connectivity index (χ1) is 17.1. The Morgan fingerprint density at radius 1 is 1.00 bits per heavy atom. The maximum Gasteiger partial charge on any atom is 0.410 e. The van der Waals surface area contributed by atoms with E-state index in [-0.39, 0.29) is 25.6 Å². The molecule has 36 heavy (non-hydrogen) atoms. The van der Waals surface area contributed by atoms with Crippen molar-refractivity contribution >= 4 is 18.2 Å². The van der Waals surface area contributed by atoms with Gasteiger partial charge in [0.05, 0.1) is 5.92 Å². The van der Waals surface area contributed by atoms with Gasteiger partial charge in [-0.3, -0.25) is 4.79 Å². The molecule has 8 nitrogen and oxygen atoms in total. The van der Waals surface area contributed by atoms with Gasteiger partial charge in [-0.15, -0.1) is 0 Å². The first-order valence-electron chi connectivity index (χ1n) is 12.4. The Labute approximate surface area is 212 Å². The van der Waals surface area contributed by atoms with Crippen molar-refractivity contribution in [1.29, 1.82) is 0 Å². The lowest BCUT2D eigenvalue weighted by Gasteiger charge is -2.27. The summed E-state index contributed by atoms with van der Waals surface area (Å²) in [5, 5.41) is 11.8. The molecule has 1 atom stereocenters. The van der Waals surface area contributed by atoms with Crippen molar-refractivity contribution in [3.8, 4) is 11.1 Å². The molecule has 0 fully saturated rings. The Balaban J connectivity index is 1.52. The van der Waals surface area contributed by atoms with Crippen molar-refractivity contribution in [2.45, 2.75) is 52.1 Å². The van der Waals surface area contributed by atoms with Crippen LogP contribution >= 0.6 is 0 Å². The molecule has 2 aromatic carbocycles. The van der Waals surface area contributed by atoms with Gasteiger partial charge < -0.3 is 24.8 Å². The minimum Gasteiger partial charge on any atom is -0.481 e. The lowest BCUT2D eigenvalue weighted by atomic mass is 9.98. The number of nitrogens with zero attached hydrogens (tertiary/aromatic N) is 1. The molecular formula is C28H36N2O6. The third-order valence-corrected chi connectivity index (χ3v) is 6.13. The second-order valence-electron chi connectivity index (χ2n) is 10.1. The standard InChI is InChI=1S/C28H36N2O6/c1-19(25(31)32)10-9-16-30(27(34)36-28(2,3)4)17-15-29-26(33)35-18-24-22-13-7-5-11-20(22)21-12-6-8-14-23(21)24/h5-8,11-14,19,24H,9-10,15-18H2,1-4H3,(H,29,33)(H,31,32)/t19-/m0/s1. The third-order valence-electron chi connectivity index (χ3n) is 6.13. The van der Waals surface area contributed by atoms with Crippen LogP contribution in [0.25, 0.3) is 11.1 Å². The van der Waals surface area contributed by atoms with Crippen molar-refractivity contribution in [2.24, 2.45) is 5.92 Å². The molecule has 0 saturated carbocycles. The van der Waals surface area contributed by atoms with Crippen molar-refractivity contribution < 1.29 is 29.0 Å². The highest BCUT2D eigenvalue weighted by molar-refractivity contribution is 5.79. The molecule has 0 unspecified atom stereocenters. The molecule has 2 aromatic rings. The average Bonchev–Trinajstić information content (AvgIpc) is 3.14. The number of rotatable bonds is 10. The molecule has 0 radical (unpaired) electrons. The van der Waals surface area contributed by atoms with E-state index in [0.717, 1.165) is 22.3 Å². The normalized spacial score (nSPS) is 13.3. The summed E-state index contributed by atoms with van der Waals surface area (Å²) in [6, 6.07) is 16.3. The third kappa shape index (κ3) is 7.23. The molecule has 194 valence electrons. The van der Waals surface area contributed by atoms with E-state index < -0.39 is 29.7 Å². The zero-order chi connectivity index (χ0) is 26.3. The number of benzene rings is 2. The number of hydrogen-bond donors (Lipinski definition) is 2. The number of carboxylic acid groups (broad SMARTS) is 1. The summed E-state index contributed by atoms with van der Waals surface area (Å²) in [4.78, 5) is 37.6. The fourth-order valence-corrected chi connectivity index (χ4v) is 4.28. The summed E-state index contributed by atoms with van der Waals surface area (Å²) in [7, 11) is 0. The van der Waals surface area contributed by atoms with E-state index in [1.54, 1.807) is 27.7 Å². The molecule has 0 bridgehead atoms. The SMILES string of the molecule is C[C@@H](CCCN(CCNC(=O)OCC1c2ccccc2-c2ccccc21)C(=O)OC(C)(C)C)C(=O)O. The van der Waals surface area contributed by atoms with Crippen LogP contribution in [0.15, 0.2) is 48.5 Å². The molecule has 2 amide bonds. The van der Waals surface area contributed by atoms with Gasteiger partial charge in [-0.1, -0.05) is 55.5 Å². The van der Waals surface area contributed by atoms with Gasteiger partial charge in [-0.25, -0.2) is 9.59 Å². The summed E-state index contributed by atoms with van der Waals surface area (Å²) >= 11 is 0. The number of aliphatic carboxylic acids is 1.